The van der Waals surface area contributed by atoms with Crippen LogP contribution in [0.3, 0.4) is 0 Å². The summed E-state index contributed by atoms with van der Waals surface area (Å²) in [4.78, 5) is 12.3. The van der Waals surface area contributed by atoms with Gasteiger partial charge in [0.05, 0.1) is 5.92 Å². The fraction of sp³-hybridized carbons (Fsp3) is 0.500. The number of ether oxygens (including phenoxy) is 1. The molecule has 0 aromatic heterocycles. The summed E-state index contributed by atoms with van der Waals surface area (Å²) < 4.78 is 4.80. The highest BCUT2D eigenvalue weighted by Crippen LogP contribution is 2.24. The van der Waals surface area contributed by atoms with Crippen molar-refractivity contribution in [1.29, 1.82) is 0 Å². The number of carbonyl (C=O) groups excluding carboxylic acids is 1. The first-order valence-electron chi connectivity index (χ1n) is 2.75. The topological polar surface area (TPSA) is 26.3 Å². The Morgan fingerprint density at radius 3 is 2.78 bits per heavy atom. The Bertz CT molecular complexity index is 162. The Morgan fingerprint density at radius 2 is 2.56 bits per heavy atom. The predicted octanol–water partition coefficient (Wildman–Crippen LogP) is 1.81. The summed E-state index contributed by atoms with van der Waals surface area (Å²) in [6, 6.07) is 0. The lowest BCUT2D eigenvalue weighted by atomic mass is 10.1. The van der Waals surface area contributed by atoms with Crippen LogP contribution < -0.4 is 0 Å². The van der Waals surface area contributed by atoms with E-state index in [9.17, 15) is 4.79 Å². The molecule has 1 heterocycles. The molecule has 0 radical (unpaired) electrons. The quantitative estimate of drug-likeness (QED) is 0.545. The average molecular weight is 191 g/mol. The highest BCUT2D eigenvalue weighted by atomic mass is 79.9. The molecular formula is C6H7BrO2. The summed E-state index contributed by atoms with van der Waals surface area (Å²) in [5, 5.41) is 0. The second-order valence-electron chi connectivity index (χ2n) is 2.10. The molecule has 1 atom stereocenters. The largest absolute Gasteiger partial charge is 0.430 e. The van der Waals surface area contributed by atoms with Crippen molar-refractivity contribution in [3.63, 3.8) is 0 Å². The highest BCUT2D eigenvalue weighted by Gasteiger charge is 2.25. The van der Waals surface area contributed by atoms with E-state index in [-0.39, 0.29) is 11.9 Å². The molecule has 3 heteroatoms. The summed E-state index contributed by atoms with van der Waals surface area (Å²) >= 11 is 3.09. The van der Waals surface area contributed by atoms with E-state index in [2.05, 4.69) is 15.9 Å². The lowest BCUT2D eigenvalue weighted by molar-refractivity contribution is -0.138. The summed E-state index contributed by atoms with van der Waals surface area (Å²) in [5.41, 5.74) is 0. The molecule has 1 aliphatic rings. The van der Waals surface area contributed by atoms with Crippen molar-refractivity contribution in [3.8, 4) is 0 Å². The number of hydrogen-bond acceptors (Lipinski definition) is 2. The van der Waals surface area contributed by atoms with E-state index < -0.39 is 0 Å². The van der Waals surface area contributed by atoms with Crippen molar-refractivity contribution >= 4 is 21.9 Å². The maximum absolute atomic E-state index is 10.7. The summed E-state index contributed by atoms with van der Waals surface area (Å²) in [6.45, 7) is 1.85. The van der Waals surface area contributed by atoms with Gasteiger partial charge >= 0.3 is 5.97 Å². The molecule has 0 amide bonds. The van der Waals surface area contributed by atoms with Gasteiger partial charge in [0, 0.05) is 11.4 Å². The van der Waals surface area contributed by atoms with Gasteiger partial charge in [-0.15, -0.1) is 0 Å². The van der Waals surface area contributed by atoms with Crippen LogP contribution in [0.1, 0.15) is 13.3 Å². The minimum Gasteiger partial charge on any atom is -0.430 e. The van der Waals surface area contributed by atoms with Gasteiger partial charge in [-0.2, -0.15) is 0 Å². The van der Waals surface area contributed by atoms with Gasteiger partial charge in [0.2, 0.25) is 0 Å². The third-order valence-corrected chi connectivity index (χ3v) is 1.77. The molecule has 1 rings (SSSR count). The first kappa shape index (κ1) is 6.81. The van der Waals surface area contributed by atoms with E-state index in [0.717, 1.165) is 12.2 Å². The molecule has 0 aromatic carbocycles. The molecule has 1 unspecified atom stereocenters. The Labute approximate surface area is 62.0 Å². The second-order valence-corrected chi connectivity index (χ2v) is 2.56. The van der Waals surface area contributed by atoms with E-state index in [4.69, 9.17) is 4.74 Å². The van der Waals surface area contributed by atoms with Gasteiger partial charge in [-0.25, -0.2) is 0 Å². The molecule has 0 saturated carbocycles. The Balaban J connectivity index is 2.65. The van der Waals surface area contributed by atoms with Gasteiger partial charge < -0.3 is 4.74 Å². The van der Waals surface area contributed by atoms with Crippen LogP contribution in [0.25, 0.3) is 0 Å². The van der Waals surface area contributed by atoms with Gasteiger partial charge in [0.25, 0.3) is 0 Å². The molecule has 1 fully saturated rings. The summed E-state index contributed by atoms with van der Waals surface area (Å²) in [6.07, 6.45) is 0.726. The van der Waals surface area contributed by atoms with Crippen LogP contribution in [-0.2, 0) is 9.53 Å². The van der Waals surface area contributed by atoms with Crippen molar-refractivity contribution in [2.75, 3.05) is 0 Å². The zero-order valence-electron chi connectivity index (χ0n) is 5.06. The van der Waals surface area contributed by atoms with Crippen molar-refractivity contribution in [1.82, 2.24) is 0 Å². The number of halogens is 1. The highest BCUT2D eigenvalue weighted by molar-refractivity contribution is 9.11. The molecular weight excluding hydrogens is 184 g/mol. The average Bonchev–Trinajstić information content (AvgIpc) is 2.13. The zero-order valence-corrected chi connectivity index (χ0v) is 6.64. The molecule has 0 bridgehead atoms. The SMILES string of the molecule is CC1C/C(=C\Br)OC1=O. The number of cyclic esters (lactones) is 1. The van der Waals surface area contributed by atoms with Crippen molar-refractivity contribution in [2.24, 2.45) is 5.92 Å². The van der Waals surface area contributed by atoms with Crippen LogP contribution in [0.5, 0.6) is 0 Å². The second kappa shape index (κ2) is 2.52. The molecule has 1 saturated heterocycles. The van der Waals surface area contributed by atoms with Gasteiger partial charge in [-0.05, 0) is 0 Å². The van der Waals surface area contributed by atoms with Crippen LogP contribution in [0, 0.1) is 5.92 Å². The molecule has 0 aliphatic carbocycles. The monoisotopic (exact) mass is 190 g/mol. The van der Waals surface area contributed by atoms with E-state index in [1.807, 2.05) is 6.92 Å². The molecule has 0 spiro atoms. The number of hydrogen-bond donors (Lipinski definition) is 0. The lowest BCUT2D eigenvalue weighted by Crippen LogP contribution is -2.00. The van der Waals surface area contributed by atoms with Crippen LogP contribution in [0.2, 0.25) is 0 Å². The van der Waals surface area contributed by atoms with Crippen LogP contribution >= 0.6 is 15.9 Å². The number of esters is 1. The molecule has 1 aliphatic heterocycles. The third kappa shape index (κ3) is 1.33. The summed E-state index contributed by atoms with van der Waals surface area (Å²) in [7, 11) is 0. The molecule has 9 heavy (non-hydrogen) atoms. The standard InChI is InChI=1S/C6H7BrO2/c1-4-2-5(3-7)9-6(4)8/h3-4H,2H2,1H3/b5-3+. The van der Waals surface area contributed by atoms with Gasteiger partial charge in [0.1, 0.15) is 5.76 Å². The maximum atomic E-state index is 10.7. The van der Waals surface area contributed by atoms with E-state index in [1.54, 1.807) is 4.99 Å². The van der Waals surface area contributed by atoms with Crippen molar-refractivity contribution in [3.05, 3.63) is 10.7 Å². The number of allylic oxidation sites excluding steroid dienone is 1. The maximum Gasteiger partial charge on any atom is 0.314 e. The van der Waals surface area contributed by atoms with E-state index >= 15 is 0 Å². The Hall–Kier alpha value is -0.310. The lowest BCUT2D eigenvalue weighted by Gasteiger charge is -1.89. The van der Waals surface area contributed by atoms with Crippen LogP contribution in [0.15, 0.2) is 10.7 Å². The predicted molar refractivity (Wildman–Crippen MR) is 36.9 cm³/mol. The minimum absolute atomic E-state index is 0.0359. The van der Waals surface area contributed by atoms with Crippen LogP contribution in [-0.4, -0.2) is 5.97 Å². The first-order chi connectivity index (χ1) is 4.24. The molecule has 50 valence electrons. The first-order valence-corrected chi connectivity index (χ1v) is 3.66. The zero-order chi connectivity index (χ0) is 6.85. The molecule has 2 nitrogen and oxygen atoms in total. The van der Waals surface area contributed by atoms with E-state index in [1.165, 1.54) is 0 Å². The molecule has 0 aromatic rings. The Morgan fingerprint density at radius 1 is 1.89 bits per heavy atom. The fourth-order valence-corrected chi connectivity index (χ4v) is 1.00. The van der Waals surface area contributed by atoms with Gasteiger partial charge in [-0.1, -0.05) is 22.9 Å². The number of rotatable bonds is 0. The summed E-state index contributed by atoms with van der Waals surface area (Å²) in [5.74, 6) is 0.641. The van der Waals surface area contributed by atoms with E-state index in [0.29, 0.717) is 0 Å². The normalized spacial score (nSPS) is 31.1. The smallest absolute Gasteiger partial charge is 0.314 e. The van der Waals surface area contributed by atoms with Crippen LogP contribution in [0.4, 0.5) is 0 Å². The fourth-order valence-electron chi connectivity index (χ4n) is 0.723. The van der Waals surface area contributed by atoms with Crippen molar-refractivity contribution < 1.29 is 9.53 Å². The number of carbonyl (C=O) groups is 1. The van der Waals surface area contributed by atoms with Gasteiger partial charge in [-0.3, -0.25) is 4.79 Å². The minimum atomic E-state index is -0.124. The Kier molecular flexibility index (Phi) is 1.90. The van der Waals surface area contributed by atoms with Gasteiger partial charge in [0.15, 0.2) is 0 Å². The third-order valence-electron chi connectivity index (χ3n) is 1.26. The molecule has 0 N–H and O–H groups in total. The van der Waals surface area contributed by atoms with Crippen molar-refractivity contribution in [2.45, 2.75) is 13.3 Å².